The van der Waals surface area contributed by atoms with Gasteiger partial charge in [-0.25, -0.2) is 9.79 Å². The van der Waals surface area contributed by atoms with Gasteiger partial charge in [0.2, 0.25) is 17.7 Å². The molecule has 0 radical (unpaired) electrons. The van der Waals surface area contributed by atoms with Crippen LogP contribution in [0.5, 0.6) is 0 Å². The molecular weight excluding hydrogens is 460 g/mol. The largest absolute Gasteiger partial charge is 0.480 e. The van der Waals surface area contributed by atoms with Gasteiger partial charge in [-0.1, -0.05) is 54.2 Å². The van der Waals surface area contributed by atoms with Gasteiger partial charge in [-0.2, -0.15) is 0 Å². The average molecular weight is 493 g/mol. The molecule has 0 saturated heterocycles. The molecule has 1 aromatic heterocycles. The van der Waals surface area contributed by atoms with Crippen LogP contribution >= 0.6 is 0 Å². The average Bonchev–Trinajstić information content (AvgIpc) is 3.45. The van der Waals surface area contributed by atoms with Crippen molar-refractivity contribution in [2.24, 2.45) is 10.7 Å². The van der Waals surface area contributed by atoms with E-state index in [-0.39, 0.29) is 12.1 Å². The second-order valence-corrected chi connectivity index (χ2v) is 8.16. The summed E-state index contributed by atoms with van der Waals surface area (Å²) in [6, 6.07) is 2.46. The monoisotopic (exact) mass is 492 g/mol. The molecule has 0 spiro atoms. The number of carbonyl (C=O) groups excluding carboxylic acids is 2. The van der Waals surface area contributed by atoms with Crippen LogP contribution in [0.15, 0.2) is 89.2 Å². The number of carboxylic acids is 1. The second kappa shape index (κ2) is 14.1. The van der Waals surface area contributed by atoms with Crippen LogP contribution in [0.1, 0.15) is 32.9 Å². The number of aromatic nitrogens is 1. The number of rotatable bonds is 12. The molecule has 0 aromatic carbocycles. The number of nitrogens with zero attached hydrogens (tertiary/aromatic N) is 1. The molecule has 1 aliphatic rings. The van der Waals surface area contributed by atoms with Crippen LogP contribution in [-0.4, -0.2) is 52.0 Å². The molecule has 36 heavy (non-hydrogen) atoms. The van der Waals surface area contributed by atoms with Gasteiger partial charge in [0, 0.05) is 23.5 Å². The number of hydrogen-bond acceptors (Lipinski definition) is 5. The summed E-state index contributed by atoms with van der Waals surface area (Å²) in [6.45, 7) is 5.51. The zero-order chi connectivity index (χ0) is 26.5. The third-order valence-electron chi connectivity index (χ3n) is 5.04. The lowest BCUT2D eigenvalue weighted by Crippen LogP contribution is -2.43. The standard InChI is InChI=1S/C27H32N4O5/c1-18(16-22-20(3)36-25(30-22)14-13-21-12-9-15-29-21)10-7-5-4-6-8-11-19(2)26(33)31-23(27(34)35)17-24(28)32/h4-16,20,22-23,29H,17H2,1-3H3,(H2,28,32)(H,31,33)(H,34,35). The van der Waals surface area contributed by atoms with Gasteiger partial charge in [0.05, 0.1) is 6.42 Å². The Morgan fingerprint density at radius 2 is 1.92 bits per heavy atom. The van der Waals surface area contributed by atoms with Crippen molar-refractivity contribution in [3.63, 3.8) is 0 Å². The van der Waals surface area contributed by atoms with E-state index < -0.39 is 30.2 Å². The molecule has 3 unspecified atom stereocenters. The minimum atomic E-state index is -1.36. The molecule has 9 heteroatoms. The Bertz CT molecular complexity index is 1140. The molecular formula is C27H32N4O5. The van der Waals surface area contributed by atoms with Gasteiger partial charge < -0.3 is 25.9 Å². The number of ether oxygens (including phenoxy) is 1. The van der Waals surface area contributed by atoms with Crippen LogP contribution in [0.4, 0.5) is 0 Å². The first-order valence-corrected chi connectivity index (χ1v) is 11.4. The molecule has 5 N–H and O–H groups in total. The quantitative estimate of drug-likeness (QED) is 0.261. The summed E-state index contributed by atoms with van der Waals surface area (Å²) in [5, 5.41) is 11.3. The highest BCUT2D eigenvalue weighted by Gasteiger charge is 2.24. The number of aliphatic imine (C=N–C) groups is 1. The lowest BCUT2D eigenvalue weighted by atomic mass is 10.1. The van der Waals surface area contributed by atoms with E-state index in [0.29, 0.717) is 11.5 Å². The molecule has 0 aliphatic carbocycles. The van der Waals surface area contributed by atoms with Gasteiger partial charge in [0.25, 0.3) is 0 Å². The normalized spacial score (nSPS) is 19.8. The molecule has 2 amide bonds. The number of H-pyrrole nitrogens is 1. The first-order valence-electron chi connectivity index (χ1n) is 11.4. The van der Waals surface area contributed by atoms with Crippen molar-refractivity contribution in [2.75, 3.05) is 0 Å². The molecule has 0 bridgehead atoms. The van der Waals surface area contributed by atoms with E-state index in [2.05, 4.69) is 15.3 Å². The fourth-order valence-corrected chi connectivity index (χ4v) is 3.08. The molecule has 9 nitrogen and oxygen atoms in total. The zero-order valence-electron chi connectivity index (χ0n) is 20.5. The van der Waals surface area contributed by atoms with Gasteiger partial charge in [0.1, 0.15) is 18.2 Å². The lowest BCUT2D eigenvalue weighted by molar-refractivity contribution is -0.142. The second-order valence-electron chi connectivity index (χ2n) is 8.16. The van der Waals surface area contributed by atoms with Crippen molar-refractivity contribution in [2.45, 2.75) is 45.4 Å². The van der Waals surface area contributed by atoms with Crippen LogP contribution in [0, 0.1) is 0 Å². The molecule has 2 heterocycles. The smallest absolute Gasteiger partial charge is 0.326 e. The van der Waals surface area contributed by atoms with Gasteiger partial charge in [0.15, 0.2) is 0 Å². The molecule has 1 aromatic rings. The van der Waals surface area contributed by atoms with Crippen molar-refractivity contribution in [1.82, 2.24) is 10.3 Å². The number of nitrogens with two attached hydrogens (primary N) is 1. The van der Waals surface area contributed by atoms with Crippen LogP contribution in [0.25, 0.3) is 6.08 Å². The maximum atomic E-state index is 12.1. The number of carboxylic acid groups (broad SMARTS) is 1. The summed E-state index contributed by atoms with van der Waals surface area (Å²) in [4.78, 5) is 41.8. The van der Waals surface area contributed by atoms with Crippen LogP contribution in [0.3, 0.4) is 0 Å². The number of hydrogen-bond donors (Lipinski definition) is 4. The zero-order valence-corrected chi connectivity index (χ0v) is 20.5. The van der Waals surface area contributed by atoms with Crippen molar-refractivity contribution in [1.29, 1.82) is 0 Å². The number of nitrogens with one attached hydrogen (secondary N) is 2. The maximum Gasteiger partial charge on any atom is 0.326 e. The molecule has 3 atom stereocenters. The Morgan fingerprint density at radius 3 is 2.58 bits per heavy atom. The minimum absolute atomic E-state index is 0.0519. The first kappa shape index (κ1) is 27.8. The number of aromatic amines is 1. The predicted molar refractivity (Wildman–Crippen MR) is 140 cm³/mol. The Labute approximate surface area is 210 Å². The number of primary amides is 1. The summed E-state index contributed by atoms with van der Waals surface area (Å²) in [7, 11) is 0. The predicted octanol–water partition coefficient (Wildman–Crippen LogP) is 3.22. The third-order valence-corrected chi connectivity index (χ3v) is 5.04. The molecule has 190 valence electrons. The van der Waals surface area contributed by atoms with Crippen molar-refractivity contribution in [3.05, 3.63) is 89.9 Å². The molecule has 0 saturated carbocycles. The first-order chi connectivity index (χ1) is 17.2. The van der Waals surface area contributed by atoms with Gasteiger partial charge in [-0.15, -0.1) is 0 Å². The van der Waals surface area contributed by atoms with E-state index in [1.165, 1.54) is 6.92 Å². The summed E-state index contributed by atoms with van der Waals surface area (Å²) in [5.74, 6) is -2.12. The van der Waals surface area contributed by atoms with Crippen molar-refractivity contribution >= 4 is 29.8 Å². The third kappa shape index (κ3) is 9.84. The summed E-state index contributed by atoms with van der Waals surface area (Å²) in [6.07, 6.45) is 19.6. The Kier molecular flexibility index (Phi) is 10.9. The van der Waals surface area contributed by atoms with Gasteiger partial charge in [-0.3, -0.25) is 9.59 Å². The molecule has 0 fully saturated rings. The summed E-state index contributed by atoms with van der Waals surface area (Å²) >= 11 is 0. The number of aliphatic carboxylic acids is 1. The Balaban J connectivity index is 1.85. The Morgan fingerprint density at radius 1 is 1.19 bits per heavy atom. The Hall–Kier alpha value is -4.40. The minimum Gasteiger partial charge on any atom is -0.480 e. The highest BCUT2D eigenvalue weighted by atomic mass is 16.5. The van der Waals surface area contributed by atoms with Crippen molar-refractivity contribution in [3.8, 4) is 0 Å². The van der Waals surface area contributed by atoms with E-state index in [1.807, 2.05) is 68.6 Å². The van der Waals surface area contributed by atoms with Crippen LogP contribution in [-0.2, 0) is 19.1 Å². The van der Waals surface area contributed by atoms with E-state index in [9.17, 15) is 14.4 Å². The van der Waals surface area contributed by atoms with Gasteiger partial charge in [-0.05, 0) is 39.0 Å². The van der Waals surface area contributed by atoms with Crippen molar-refractivity contribution < 1.29 is 24.2 Å². The fraction of sp³-hybridized carbons (Fsp3) is 0.259. The lowest BCUT2D eigenvalue weighted by Gasteiger charge is -2.12. The van der Waals surface area contributed by atoms with E-state index in [0.717, 1.165) is 11.3 Å². The SMILES string of the molecule is CC(C=CC=CC=CC=C(C)C(=O)NC(CC(N)=O)C(=O)O)=CC1N=C(C=Cc2ccc[nH]2)OC1C. The van der Waals surface area contributed by atoms with Crippen LogP contribution < -0.4 is 11.1 Å². The number of carbonyl (C=O) groups is 3. The number of amides is 2. The maximum absolute atomic E-state index is 12.1. The fourth-order valence-electron chi connectivity index (χ4n) is 3.08. The topological polar surface area (TPSA) is 147 Å². The number of allylic oxidation sites excluding steroid dienone is 8. The van der Waals surface area contributed by atoms with Gasteiger partial charge >= 0.3 is 5.97 Å². The van der Waals surface area contributed by atoms with E-state index in [1.54, 1.807) is 24.3 Å². The van der Waals surface area contributed by atoms with E-state index >= 15 is 0 Å². The highest BCUT2D eigenvalue weighted by Crippen LogP contribution is 2.17. The molecule has 1 aliphatic heterocycles. The summed E-state index contributed by atoms with van der Waals surface area (Å²) in [5.41, 5.74) is 7.32. The van der Waals surface area contributed by atoms with E-state index in [4.69, 9.17) is 15.6 Å². The molecule has 2 rings (SSSR count). The van der Waals surface area contributed by atoms with Crippen LogP contribution in [0.2, 0.25) is 0 Å². The summed E-state index contributed by atoms with van der Waals surface area (Å²) < 4.78 is 5.80. The highest BCUT2D eigenvalue weighted by molar-refractivity contribution is 5.96.